The van der Waals surface area contributed by atoms with E-state index >= 15 is 0 Å². The SMILES string of the molecule is COC(=O)CCN(C(=O)c1cccnc1)c1c(C)cccc1Cl. The quantitative estimate of drug-likeness (QED) is 0.789. The summed E-state index contributed by atoms with van der Waals surface area (Å²) in [4.78, 5) is 29.8. The van der Waals surface area contributed by atoms with Gasteiger partial charge in [-0.1, -0.05) is 23.7 Å². The molecule has 0 N–H and O–H groups in total. The monoisotopic (exact) mass is 332 g/mol. The van der Waals surface area contributed by atoms with Gasteiger partial charge in [0.2, 0.25) is 0 Å². The highest BCUT2D eigenvalue weighted by Gasteiger charge is 2.22. The number of para-hydroxylation sites is 1. The van der Waals surface area contributed by atoms with E-state index in [2.05, 4.69) is 9.72 Å². The maximum Gasteiger partial charge on any atom is 0.307 e. The molecule has 1 aromatic carbocycles. The summed E-state index contributed by atoms with van der Waals surface area (Å²) in [6.07, 6.45) is 3.16. The van der Waals surface area contributed by atoms with Crippen LogP contribution in [0, 0.1) is 6.92 Å². The number of ether oxygens (including phenoxy) is 1. The second-order valence-corrected chi connectivity index (χ2v) is 5.34. The number of rotatable bonds is 5. The van der Waals surface area contributed by atoms with E-state index in [9.17, 15) is 9.59 Å². The third kappa shape index (κ3) is 4.07. The minimum absolute atomic E-state index is 0.0766. The Balaban J connectivity index is 2.39. The van der Waals surface area contributed by atoms with Crippen LogP contribution in [0.3, 0.4) is 0 Å². The summed E-state index contributed by atoms with van der Waals surface area (Å²) in [6.45, 7) is 2.04. The van der Waals surface area contributed by atoms with Crippen LogP contribution in [0.2, 0.25) is 5.02 Å². The summed E-state index contributed by atoms with van der Waals surface area (Å²) < 4.78 is 4.66. The van der Waals surface area contributed by atoms with E-state index in [1.807, 2.05) is 19.1 Å². The zero-order valence-electron chi connectivity index (χ0n) is 13.0. The fraction of sp³-hybridized carbons (Fsp3) is 0.235. The largest absolute Gasteiger partial charge is 0.469 e. The smallest absolute Gasteiger partial charge is 0.307 e. The number of nitrogens with zero attached hydrogens (tertiary/aromatic N) is 2. The van der Waals surface area contributed by atoms with Gasteiger partial charge in [0.05, 0.1) is 29.8 Å². The number of pyridine rings is 1. The lowest BCUT2D eigenvalue weighted by atomic mass is 10.1. The van der Waals surface area contributed by atoms with Crippen LogP contribution in [0.1, 0.15) is 22.3 Å². The summed E-state index contributed by atoms with van der Waals surface area (Å²) >= 11 is 6.28. The standard InChI is InChI=1S/C17H17ClN2O3/c1-12-5-3-7-14(18)16(12)20(10-8-15(21)23-2)17(22)13-6-4-9-19-11-13/h3-7,9,11H,8,10H2,1-2H3. The van der Waals surface area contributed by atoms with Gasteiger partial charge in [-0.15, -0.1) is 0 Å². The van der Waals surface area contributed by atoms with Gasteiger partial charge in [-0.2, -0.15) is 0 Å². The molecular weight excluding hydrogens is 316 g/mol. The van der Waals surface area contributed by atoms with E-state index in [1.165, 1.54) is 18.2 Å². The molecule has 0 fully saturated rings. The number of halogens is 1. The van der Waals surface area contributed by atoms with Crippen LogP contribution in [-0.2, 0) is 9.53 Å². The van der Waals surface area contributed by atoms with Crippen molar-refractivity contribution in [3.05, 3.63) is 58.9 Å². The van der Waals surface area contributed by atoms with Crippen molar-refractivity contribution in [2.75, 3.05) is 18.6 Å². The van der Waals surface area contributed by atoms with Crippen LogP contribution in [0.4, 0.5) is 5.69 Å². The number of aryl methyl sites for hydroxylation is 1. The molecule has 120 valence electrons. The first kappa shape index (κ1) is 17.0. The van der Waals surface area contributed by atoms with Crippen LogP contribution in [0.25, 0.3) is 0 Å². The van der Waals surface area contributed by atoms with Crippen molar-refractivity contribution < 1.29 is 14.3 Å². The number of hydrogen-bond acceptors (Lipinski definition) is 4. The highest BCUT2D eigenvalue weighted by Crippen LogP contribution is 2.30. The Morgan fingerprint density at radius 3 is 2.65 bits per heavy atom. The van der Waals surface area contributed by atoms with Gasteiger partial charge < -0.3 is 9.64 Å². The predicted molar refractivity (Wildman–Crippen MR) is 88.7 cm³/mol. The van der Waals surface area contributed by atoms with Gasteiger partial charge in [-0.3, -0.25) is 14.6 Å². The first-order valence-electron chi connectivity index (χ1n) is 7.08. The second-order valence-electron chi connectivity index (χ2n) is 4.93. The Morgan fingerprint density at radius 2 is 2.04 bits per heavy atom. The van der Waals surface area contributed by atoms with E-state index in [0.717, 1.165) is 5.56 Å². The molecule has 6 heteroatoms. The number of esters is 1. The molecule has 0 radical (unpaired) electrons. The Bertz CT molecular complexity index is 684. The first-order valence-corrected chi connectivity index (χ1v) is 7.46. The van der Waals surface area contributed by atoms with E-state index in [-0.39, 0.29) is 18.9 Å². The number of benzene rings is 1. The van der Waals surface area contributed by atoms with Crippen LogP contribution < -0.4 is 4.90 Å². The molecule has 1 heterocycles. The maximum atomic E-state index is 12.8. The van der Waals surface area contributed by atoms with Crippen molar-refractivity contribution in [3.63, 3.8) is 0 Å². The zero-order chi connectivity index (χ0) is 16.8. The van der Waals surface area contributed by atoms with E-state index in [4.69, 9.17) is 11.6 Å². The topological polar surface area (TPSA) is 59.5 Å². The highest BCUT2D eigenvalue weighted by atomic mass is 35.5. The van der Waals surface area contributed by atoms with Crippen molar-refractivity contribution in [2.24, 2.45) is 0 Å². The minimum atomic E-state index is -0.390. The predicted octanol–water partition coefficient (Wildman–Crippen LogP) is 3.25. The molecule has 0 atom stereocenters. The summed E-state index contributed by atoms with van der Waals surface area (Å²) in [7, 11) is 1.32. The molecule has 2 aromatic rings. The van der Waals surface area contributed by atoms with Crippen LogP contribution >= 0.6 is 11.6 Å². The zero-order valence-corrected chi connectivity index (χ0v) is 13.7. The lowest BCUT2D eigenvalue weighted by molar-refractivity contribution is -0.140. The third-order valence-corrected chi connectivity index (χ3v) is 3.68. The molecular formula is C17H17ClN2O3. The van der Waals surface area contributed by atoms with Crippen LogP contribution in [0.5, 0.6) is 0 Å². The number of amides is 1. The van der Waals surface area contributed by atoms with E-state index < -0.39 is 5.97 Å². The second kappa shape index (κ2) is 7.74. The molecule has 2 rings (SSSR count). The molecule has 0 saturated heterocycles. The van der Waals surface area contributed by atoms with Gasteiger partial charge in [0.1, 0.15) is 0 Å². The van der Waals surface area contributed by atoms with Gasteiger partial charge in [0.25, 0.3) is 5.91 Å². The van der Waals surface area contributed by atoms with Gasteiger partial charge >= 0.3 is 5.97 Å². The molecule has 0 aliphatic carbocycles. The number of hydrogen-bond donors (Lipinski definition) is 0. The van der Waals surface area contributed by atoms with E-state index in [1.54, 1.807) is 24.4 Å². The lowest BCUT2D eigenvalue weighted by Crippen LogP contribution is -2.34. The van der Waals surface area contributed by atoms with Crippen LogP contribution in [-0.4, -0.2) is 30.5 Å². The Morgan fingerprint density at radius 1 is 1.26 bits per heavy atom. The van der Waals surface area contributed by atoms with Gasteiger partial charge in [0.15, 0.2) is 0 Å². The molecule has 5 nitrogen and oxygen atoms in total. The molecule has 0 aliphatic rings. The lowest BCUT2D eigenvalue weighted by Gasteiger charge is -2.25. The Hall–Kier alpha value is -2.40. The number of methoxy groups -OCH3 is 1. The summed E-state index contributed by atoms with van der Waals surface area (Å²) in [5.41, 5.74) is 1.86. The van der Waals surface area contributed by atoms with Crippen molar-refractivity contribution in [3.8, 4) is 0 Å². The summed E-state index contributed by atoms with van der Waals surface area (Å²) in [6, 6.07) is 8.75. The average molecular weight is 333 g/mol. The van der Waals surface area contributed by atoms with Gasteiger partial charge in [0, 0.05) is 18.9 Å². The molecule has 0 unspecified atom stereocenters. The number of carbonyl (C=O) groups excluding carboxylic acids is 2. The molecule has 0 spiro atoms. The molecule has 23 heavy (non-hydrogen) atoms. The maximum absolute atomic E-state index is 12.8. The normalized spacial score (nSPS) is 10.2. The molecule has 0 saturated carbocycles. The summed E-state index contributed by atoms with van der Waals surface area (Å²) in [5.74, 6) is -0.656. The molecule has 1 aromatic heterocycles. The Labute approximate surface area is 139 Å². The minimum Gasteiger partial charge on any atom is -0.469 e. The van der Waals surface area contributed by atoms with E-state index in [0.29, 0.717) is 16.3 Å². The van der Waals surface area contributed by atoms with Gasteiger partial charge in [-0.05, 0) is 30.7 Å². The van der Waals surface area contributed by atoms with Gasteiger partial charge in [-0.25, -0.2) is 0 Å². The molecule has 1 amide bonds. The molecule has 0 aliphatic heterocycles. The van der Waals surface area contributed by atoms with Crippen molar-refractivity contribution in [1.82, 2.24) is 4.98 Å². The Kier molecular flexibility index (Phi) is 5.71. The molecule has 0 bridgehead atoms. The van der Waals surface area contributed by atoms with Crippen LogP contribution in [0.15, 0.2) is 42.7 Å². The first-order chi connectivity index (χ1) is 11.0. The highest BCUT2D eigenvalue weighted by molar-refractivity contribution is 6.34. The van der Waals surface area contributed by atoms with Crippen molar-refractivity contribution in [1.29, 1.82) is 0 Å². The fourth-order valence-electron chi connectivity index (χ4n) is 2.23. The summed E-state index contributed by atoms with van der Waals surface area (Å²) in [5, 5.41) is 0.451. The van der Waals surface area contributed by atoms with Crippen molar-refractivity contribution in [2.45, 2.75) is 13.3 Å². The fourth-order valence-corrected chi connectivity index (χ4v) is 2.55. The number of anilines is 1. The third-order valence-electron chi connectivity index (χ3n) is 3.38. The number of aromatic nitrogens is 1. The average Bonchev–Trinajstić information content (AvgIpc) is 2.57. The number of carbonyl (C=O) groups is 2. The van der Waals surface area contributed by atoms with Crippen molar-refractivity contribution >= 4 is 29.2 Å².